The van der Waals surface area contributed by atoms with Crippen LogP contribution in [0.15, 0.2) is 36.7 Å². The van der Waals surface area contributed by atoms with E-state index in [4.69, 9.17) is 4.74 Å². The summed E-state index contributed by atoms with van der Waals surface area (Å²) in [6.45, 7) is 3.53. The van der Waals surface area contributed by atoms with Crippen molar-refractivity contribution >= 4 is 5.82 Å². The molecule has 0 saturated heterocycles. The summed E-state index contributed by atoms with van der Waals surface area (Å²) in [5, 5.41) is 3.41. The second-order valence-corrected chi connectivity index (χ2v) is 5.81. The van der Waals surface area contributed by atoms with Crippen molar-refractivity contribution in [3.05, 3.63) is 47.8 Å². The van der Waals surface area contributed by atoms with Gasteiger partial charge in [-0.05, 0) is 42.2 Å². The van der Waals surface area contributed by atoms with Gasteiger partial charge in [-0.1, -0.05) is 24.3 Å². The van der Waals surface area contributed by atoms with Crippen LogP contribution in [0.25, 0.3) is 0 Å². The standard InChI is InChI=1S/C17H19N3O/c1-2-21-16-10-18-9-15(20-16)19-8-14-13-7-11-5-3-4-6-12(11)17(13)14/h3-6,9-10,13-14,17H,2,7-8H2,1H3,(H,19,20). The van der Waals surface area contributed by atoms with Crippen molar-refractivity contribution in [1.82, 2.24) is 9.97 Å². The van der Waals surface area contributed by atoms with E-state index >= 15 is 0 Å². The number of nitrogens with zero attached hydrogens (tertiary/aromatic N) is 2. The van der Waals surface area contributed by atoms with E-state index in [0.717, 1.165) is 30.1 Å². The lowest BCUT2D eigenvalue weighted by atomic mass is 10.0. The van der Waals surface area contributed by atoms with Crippen LogP contribution < -0.4 is 10.1 Å². The zero-order valence-electron chi connectivity index (χ0n) is 12.1. The fourth-order valence-corrected chi connectivity index (χ4v) is 3.64. The predicted molar refractivity (Wildman–Crippen MR) is 81.6 cm³/mol. The van der Waals surface area contributed by atoms with Gasteiger partial charge in [-0.25, -0.2) is 0 Å². The minimum absolute atomic E-state index is 0.587. The molecule has 2 aliphatic rings. The van der Waals surface area contributed by atoms with Crippen LogP contribution in [0.3, 0.4) is 0 Å². The summed E-state index contributed by atoms with van der Waals surface area (Å²) < 4.78 is 5.38. The van der Waals surface area contributed by atoms with E-state index in [0.29, 0.717) is 12.5 Å². The highest BCUT2D eigenvalue weighted by Crippen LogP contribution is 2.61. The number of benzene rings is 1. The molecule has 0 amide bonds. The molecule has 2 aliphatic carbocycles. The van der Waals surface area contributed by atoms with Gasteiger partial charge in [-0.2, -0.15) is 4.98 Å². The number of ether oxygens (including phenoxy) is 1. The number of aromatic nitrogens is 2. The summed E-state index contributed by atoms with van der Waals surface area (Å²) >= 11 is 0. The van der Waals surface area contributed by atoms with Gasteiger partial charge in [0.15, 0.2) is 0 Å². The Bertz CT molecular complexity index is 658. The second kappa shape index (κ2) is 5.02. The first kappa shape index (κ1) is 12.6. The van der Waals surface area contributed by atoms with Crippen LogP contribution >= 0.6 is 0 Å². The average molecular weight is 281 g/mol. The van der Waals surface area contributed by atoms with Crippen LogP contribution in [0.5, 0.6) is 5.88 Å². The number of fused-ring (bicyclic) bond motifs is 3. The van der Waals surface area contributed by atoms with Gasteiger partial charge in [0.05, 0.1) is 19.0 Å². The highest BCUT2D eigenvalue weighted by molar-refractivity contribution is 5.44. The Balaban J connectivity index is 1.39. The van der Waals surface area contributed by atoms with E-state index in [1.807, 2.05) is 6.92 Å². The Morgan fingerprint density at radius 2 is 2.19 bits per heavy atom. The van der Waals surface area contributed by atoms with Gasteiger partial charge in [0.25, 0.3) is 0 Å². The smallest absolute Gasteiger partial charge is 0.234 e. The summed E-state index contributed by atoms with van der Waals surface area (Å²) in [7, 11) is 0. The quantitative estimate of drug-likeness (QED) is 0.915. The molecule has 108 valence electrons. The first-order valence-corrected chi connectivity index (χ1v) is 7.63. The minimum Gasteiger partial charge on any atom is -0.477 e. The number of hydrogen-bond acceptors (Lipinski definition) is 4. The third-order valence-electron chi connectivity index (χ3n) is 4.62. The van der Waals surface area contributed by atoms with E-state index in [1.54, 1.807) is 23.5 Å². The van der Waals surface area contributed by atoms with Crippen LogP contribution in [0.1, 0.15) is 24.0 Å². The van der Waals surface area contributed by atoms with Crippen LogP contribution in [-0.4, -0.2) is 23.1 Å². The summed E-state index contributed by atoms with van der Waals surface area (Å²) in [5.41, 5.74) is 3.10. The van der Waals surface area contributed by atoms with Crippen LogP contribution in [-0.2, 0) is 6.42 Å². The molecule has 4 heteroatoms. The molecule has 21 heavy (non-hydrogen) atoms. The zero-order valence-corrected chi connectivity index (χ0v) is 12.1. The third-order valence-corrected chi connectivity index (χ3v) is 4.62. The maximum atomic E-state index is 5.38. The van der Waals surface area contributed by atoms with Gasteiger partial charge >= 0.3 is 0 Å². The molecule has 0 aliphatic heterocycles. The van der Waals surface area contributed by atoms with Gasteiger partial charge in [0, 0.05) is 6.54 Å². The summed E-state index contributed by atoms with van der Waals surface area (Å²) in [5.74, 6) is 3.69. The van der Waals surface area contributed by atoms with Crippen molar-refractivity contribution in [2.75, 3.05) is 18.5 Å². The predicted octanol–water partition coefficient (Wildman–Crippen LogP) is 2.87. The van der Waals surface area contributed by atoms with E-state index in [9.17, 15) is 0 Å². The molecular formula is C17H19N3O. The molecule has 0 radical (unpaired) electrons. The Hall–Kier alpha value is -2.10. The lowest BCUT2D eigenvalue weighted by molar-refractivity contribution is 0.325. The van der Waals surface area contributed by atoms with Gasteiger partial charge in [-0.3, -0.25) is 4.98 Å². The molecular weight excluding hydrogens is 262 g/mol. The van der Waals surface area contributed by atoms with Gasteiger partial charge in [0.2, 0.25) is 5.88 Å². The van der Waals surface area contributed by atoms with E-state index in [1.165, 1.54) is 6.42 Å². The average Bonchev–Trinajstić information content (AvgIpc) is 3.05. The molecule has 3 unspecified atom stereocenters. The Labute approximate surface area is 124 Å². The summed E-state index contributed by atoms with van der Waals surface area (Å²) in [4.78, 5) is 8.56. The third kappa shape index (κ3) is 2.24. The van der Waals surface area contributed by atoms with E-state index < -0.39 is 0 Å². The Kier molecular flexibility index (Phi) is 3.02. The molecule has 3 atom stereocenters. The van der Waals surface area contributed by atoms with Crippen molar-refractivity contribution in [3.63, 3.8) is 0 Å². The minimum atomic E-state index is 0.587. The molecule has 4 nitrogen and oxygen atoms in total. The fourth-order valence-electron chi connectivity index (χ4n) is 3.64. The van der Waals surface area contributed by atoms with E-state index in [-0.39, 0.29) is 0 Å². The summed E-state index contributed by atoms with van der Waals surface area (Å²) in [6.07, 6.45) is 4.64. The molecule has 4 rings (SSSR count). The molecule has 1 fully saturated rings. The number of rotatable bonds is 5. The van der Waals surface area contributed by atoms with Crippen molar-refractivity contribution in [1.29, 1.82) is 0 Å². The van der Waals surface area contributed by atoms with Crippen LogP contribution in [0.2, 0.25) is 0 Å². The monoisotopic (exact) mass is 281 g/mol. The summed E-state index contributed by atoms with van der Waals surface area (Å²) in [6, 6.07) is 8.85. The molecule has 1 N–H and O–H groups in total. The molecule has 1 saturated carbocycles. The van der Waals surface area contributed by atoms with Crippen LogP contribution in [0.4, 0.5) is 5.82 Å². The van der Waals surface area contributed by atoms with E-state index in [2.05, 4.69) is 39.6 Å². The van der Waals surface area contributed by atoms with Gasteiger partial charge < -0.3 is 10.1 Å². The Morgan fingerprint density at radius 3 is 3.10 bits per heavy atom. The van der Waals surface area contributed by atoms with Gasteiger partial charge in [-0.15, -0.1) is 0 Å². The molecule has 1 aromatic carbocycles. The zero-order chi connectivity index (χ0) is 14.2. The molecule has 1 aromatic heterocycles. The highest BCUT2D eigenvalue weighted by atomic mass is 16.5. The van der Waals surface area contributed by atoms with Crippen molar-refractivity contribution in [2.45, 2.75) is 19.3 Å². The van der Waals surface area contributed by atoms with Crippen molar-refractivity contribution in [2.24, 2.45) is 11.8 Å². The lowest BCUT2D eigenvalue weighted by Gasteiger charge is -2.09. The first-order valence-electron chi connectivity index (χ1n) is 7.63. The number of nitrogens with one attached hydrogen (secondary N) is 1. The lowest BCUT2D eigenvalue weighted by Crippen LogP contribution is -2.10. The highest BCUT2D eigenvalue weighted by Gasteiger charge is 2.54. The van der Waals surface area contributed by atoms with Gasteiger partial charge in [0.1, 0.15) is 5.82 Å². The van der Waals surface area contributed by atoms with Crippen molar-refractivity contribution < 1.29 is 4.74 Å². The maximum absolute atomic E-state index is 5.38. The largest absolute Gasteiger partial charge is 0.477 e. The van der Waals surface area contributed by atoms with Crippen molar-refractivity contribution in [3.8, 4) is 5.88 Å². The topological polar surface area (TPSA) is 47.0 Å². The molecule has 1 heterocycles. The SMILES string of the molecule is CCOc1cncc(NCC2C3Cc4ccccc4C23)n1. The van der Waals surface area contributed by atoms with Crippen LogP contribution in [0, 0.1) is 11.8 Å². The number of anilines is 1. The maximum Gasteiger partial charge on any atom is 0.234 e. The molecule has 0 spiro atoms. The second-order valence-electron chi connectivity index (χ2n) is 5.81. The fraction of sp³-hybridized carbons (Fsp3) is 0.412. The molecule has 2 aromatic rings. The Morgan fingerprint density at radius 1 is 1.29 bits per heavy atom. The molecule has 0 bridgehead atoms. The normalized spacial score (nSPS) is 25.1. The number of hydrogen-bond donors (Lipinski definition) is 1. The first-order chi connectivity index (χ1) is 10.4.